The van der Waals surface area contributed by atoms with E-state index >= 15 is 0 Å². The molecular formula is C15H20N4. The summed E-state index contributed by atoms with van der Waals surface area (Å²) in [6.07, 6.45) is 3.41. The van der Waals surface area contributed by atoms with Crippen LogP contribution in [0.25, 0.3) is 0 Å². The number of nitrogens with two attached hydrogens (primary N) is 2. The lowest BCUT2D eigenvalue weighted by Gasteiger charge is -2.00. The van der Waals surface area contributed by atoms with Crippen LogP contribution in [-0.4, -0.2) is 18.2 Å². The van der Waals surface area contributed by atoms with E-state index in [2.05, 4.69) is 9.98 Å². The zero-order chi connectivity index (χ0) is 14.3. The molecule has 2 aromatic rings. The molecule has 2 rings (SSSR count). The smallest absolute Gasteiger partial charge is 0.132 e. The summed E-state index contributed by atoms with van der Waals surface area (Å²) in [5, 5.41) is 0. The molecule has 1 aromatic carbocycles. The molecule has 0 saturated heterocycles. The number of nitrogens with zero attached hydrogens (tertiary/aromatic N) is 2. The highest BCUT2D eigenvalue weighted by Gasteiger charge is 1.98. The van der Waals surface area contributed by atoms with Crippen molar-refractivity contribution in [2.45, 2.75) is 13.8 Å². The van der Waals surface area contributed by atoms with Crippen molar-refractivity contribution in [1.82, 2.24) is 4.98 Å². The van der Waals surface area contributed by atoms with E-state index in [-0.39, 0.29) is 0 Å². The predicted octanol–water partition coefficient (Wildman–Crippen LogP) is 2.60. The van der Waals surface area contributed by atoms with Gasteiger partial charge in [-0.1, -0.05) is 17.7 Å². The number of benzene rings is 1. The van der Waals surface area contributed by atoms with Gasteiger partial charge in [-0.2, -0.15) is 0 Å². The highest BCUT2D eigenvalue weighted by atomic mass is 14.8. The van der Waals surface area contributed by atoms with Crippen LogP contribution in [0.4, 0.5) is 11.5 Å². The molecule has 0 spiro atoms. The van der Waals surface area contributed by atoms with Gasteiger partial charge < -0.3 is 11.5 Å². The van der Waals surface area contributed by atoms with Crippen molar-refractivity contribution in [3.63, 3.8) is 0 Å². The second-order valence-corrected chi connectivity index (χ2v) is 4.22. The molecule has 0 aliphatic rings. The second-order valence-electron chi connectivity index (χ2n) is 4.22. The van der Waals surface area contributed by atoms with Crippen molar-refractivity contribution in [1.29, 1.82) is 0 Å². The Morgan fingerprint density at radius 1 is 1.05 bits per heavy atom. The summed E-state index contributed by atoms with van der Waals surface area (Å²) >= 11 is 0. The van der Waals surface area contributed by atoms with Gasteiger partial charge in [-0.3, -0.25) is 4.99 Å². The quantitative estimate of drug-likeness (QED) is 0.608. The third kappa shape index (κ3) is 4.79. The number of aryl methyl sites for hydroxylation is 2. The monoisotopic (exact) mass is 256 g/mol. The van der Waals surface area contributed by atoms with Crippen molar-refractivity contribution < 1.29 is 0 Å². The van der Waals surface area contributed by atoms with Gasteiger partial charge in [0.2, 0.25) is 0 Å². The topological polar surface area (TPSA) is 77.3 Å². The molecule has 0 bridgehead atoms. The number of aromatic nitrogens is 1. The van der Waals surface area contributed by atoms with Gasteiger partial charge in [0, 0.05) is 30.7 Å². The maximum absolute atomic E-state index is 5.61. The van der Waals surface area contributed by atoms with Gasteiger partial charge in [0.25, 0.3) is 0 Å². The molecule has 0 fully saturated rings. The summed E-state index contributed by atoms with van der Waals surface area (Å²) in [4.78, 5) is 7.83. The maximum atomic E-state index is 5.61. The molecule has 4 nitrogen and oxygen atoms in total. The van der Waals surface area contributed by atoms with Crippen LogP contribution in [0.15, 0.2) is 41.5 Å². The molecule has 0 aliphatic heterocycles. The standard InChI is InChI=1S/C8H11N3.C7H9N/c1-6-3-4-11-8(9)7(6)5-10-2;1-6-2-4-7(8)5-3-6/h3-5H,1-2H3,(H2,9,11);2-5H,8H2,1H3. The number of hydrogen-bond donors (Lipinski definition) is 2. The van der Waals surface area contributed by atoms with E-state index in [1.54, 1.807) is 19.5 Å². The van der Waals surface area contributed by atoms with Crippen molar-refractivity contribution in [2.24, 2.45) is 4.99 Å². The molecule has 0 saturated carbocycles. The van der Waals surface area contributed by atoms with E-state index in [4.69, 9.17) is 11.5 Å². The Bertz CT molecular complexity index is 503. The van der Waals surface area contributed by atoms with Crippen LogP contribution in [0.5, 0.6) is 0 Å². The average Bonchev–Trinajstić information content (AvgIpc) is 2.38. The van der Waals surface area contributed by atoms with Crippen molar-refractivity contribution >= 4 is 17.7 Å². The second kappa shape index (κ2) is 7.16. The molecule has 4 N–H and O–H groups in total. The highest BCUT2D eigenvalue weighted by Crippen LogP contribution is 2.09. The van der Waals surface area contributed by atoms with E-state index in [1.165, 1.54) is 5.56 Å². The van der Waals surface area contributed by atoms with Gasteiger partial charge in [0.1, 0.15) is 5.82 Å². The molecule has 4 heteroatoms. The number of nitrogen functional groups attached to an aromatic ring is 2. The Kier molecular flexibility index (Phi) is 5.54. The van der Waals surface area contributed by atoms with Crippen LogP contribution < -0.4 is 11.5 Å². The lowest BCUT2D eigenvalue weighted by molar-refractivity contribution is 1.28. The Morgan fingerprint density at radius 3 is 2.16 bits per heavy atom. The first kappa shape index (κ1) is 14.7. The molecule has 0 amide bonds. The van der Waals surface area contributed by atoms with E-state index in [0.717, 1.165) is 16.8 Å². The lowest BCUT2D eigenvalue weighted by atomic mass is 10.1. The van der Waals surface area contributed by atoms with Crippen LogP contribution >= 0.6 is 0 Å². The molecule has 0 radical (unpaired) electrons. The van der Waals surface area contributed by atoms with Gasteiger partial charge >= 0.3 is 0 Å². The van der Waals surface area contributed by atoms with Crippen LogP contribution in [0, 0.1) is 13.8 Å². The van der Waals surface area contributed by atoms with Crippen LogP contribution in [-0.2, 0) is 0 Å². The Labute approximate surface area is 114 Å². The summed E-state index contributed by atoms with van der Waals surface area (Å²) in [6.45, 7) is 4.02. The van der Waals surface area contributed by atoms with Gasteiger partial charge in [-0.25, -0.2) is 4.98 Å². The highest BCUT2D eigenvalue weighted by molar-refractivity contribution is 5.87. The predicted molar refractivity (Wildman–Crippen MR) is 82.5 cm³/mol. The third-order valence-electron chi connectivity index (χ3n) is 2.57. The van der Waals surface area contributed by atoms with E-state index in [9.17, 15) is 0 Å². The van der Waals surface area contributed by atoms with Crippen molar-refractivity contribution in [2.75, 3.05) is 18.5 Å². The fourth-order valence-corrected chi connectivity index (χ4v) is 1.45. The van der Waals surface area contributed by atoms with Gasteiger partial charge in [0.05, 0.1) is 0 Å². The zero-order valence-corrected chi connectivity index (χ0v) is 11.6. The van der Waals surface area contributed by atoms with E-state index in [1.807, 2.05) is 44.2 Å². The number of rotatable bonds is 1. The molecule has 100 valence electrons. The Hall–Kier alpha value is -2.36. The largest absolute Gasteiger partial charge is 0.399 e. The van der Waals surface area contributed by atoms with Crippen LogP contribution in [0.2, 0.25) is 0 Å². The summed E-state index contributed by atoms with van der Waals surface area (Å²) in [6, 6.07) is 9.70. The lowest BCUT2D eigenvalue weighted by Crippen LogP contribution is -1.98. The molecule has 0 unspecified atom stereocenters. The minimum atomic E-state index is 0.538. The Balaban J connectivity index is 0.000000200. The molecule has 0 aliphatic carbocycles. The number of anilines is 2. The minimum absolute atomic E-state index is 0.538. The van der Waals surface area contributed by atoms with Crippen molar-refractivity contribution in [3.8, 4) is 0 Å². The normalized spacial score (nSPS) is 10.1. The molecule has 0 atom stereocenters. The van der Waals surface area contributed by atoms with Gasteiger partial charge in [-0.05, 0) is 37.6 Å². The minimum Gasteiger partial charge on any atom is -0.399 e. The fourth-order valence-electron chi connectivity index (χ4n) is 1.45. The molecular weight excluding hydrogens is 236 g/mol. The van der Waals surface area contributed by atoms with Crippen LogP contribution in [0.3, 0.4) is 0 Å². The fraction of sp³-hybridized carbons (Fsp3) is 0.200. The maximum Gasteiger partial charge on any atom is 0.132 e. The van der Waals surface area contributed by atoms with E-state index < -0.39 is 0 Å². The summed E-state index contributed by atoms with van der Waals surface area (Å²) in [5.74, 6) is 0.538. The average molecular weight is 256 g/mol. The molecule has 1 aromatic heterocycles. The van der Waals surface area contributed by atoms with Gasteiger partial charge in [-0.15, -0.1) is 0 Å². The first-order valence-corrected chi connectivity index (χ1v) is 6.00. The first-order valence-electron chi connectivity index (χ1n) is 6.00. The summed E-state index contributed by atoms with van der Waals surface area (Å²) in [5.41, 5.74) is 15.1. The first-order chi connectivity index (χ1) is 9.04. The van der Waals surface area contributed by atoms with Gasteiger partial charge in [0.15, 0.2) is 0 Å². The number of pyridine rings is 1. The zero-order valence-electron chi connectivity index (χ0n) is 11.6. The van der Waals surface area contributed by atoms with E-state index in [0.29, 0.717) is 5.82 Å². The third-order valence-corrected chi connectivity index (χ3v) is 2.57. The number of aliphatic imine (C=N–C) groups is 1. The molecule has 1 heterocycles. The SMILES string of the molecule is CN=Cc1c(C)ccnc1N.Cc1ccc(N)cc1. The Morgan fingerprint density at radius 2 is 1.68 bits per heavy atom. The summed E-state index contributed by atoms with van der Waals surface area (Å²) < 4.78 is 0. The van der Waals surface area contributed by atoms with Crippen LogP contribution in [0.1, 0.15) is 16.7 Å². The molecule has 19 heavy (non-hydrogen) atoms. The summed E-state index contributed by atoms with van der Waals surface area (Å²) in [7, 11) is 1.71. The van der Waals surface area contributed by atoms with Crippen molar-refractivity contribution in [3.05, 3.63) is 53.2 Å². The number of hydrogen-bond acceptors (Lipinski definition) is 4.